The number of hydrogen-bond donors (Lipinski definition) is 1. The summed E-state index contributed by atoms with van der Waals surface area (Å²) >= 11 is 1.08. The Balaban J connectivity index is 0.000000810. The first-order valence-electron chi connectivity index (χ1n) is 2.75. The molecule has 0 heterocycles. The third-order valence-electron chi connectivity index (χ3n) is 1.16. The number of benzene rings is 1. The second-order valence-electron chi connectivity index (χ2n) is 1.76. The Morgan fingerprint density at radius 1 is 1.30 bits per heavy atom. The molecule has 0 unspecified atom stereocenters. The second-order valence-corrected chi connectivity index (χ2v) is 2.62. The van der Waals surface area contributed by atoms with Crippen molar-refractivity contribution in [2.45, 2.75) is 0 Å². The number of phenols is 1. The van der Waals surface area contributed by atoms with Crippen LogP contribution >= 0.6 is 0 Å². The van der Waals surface area contributed by atoms with Crippen LogP contribution in [-0.4, -0.2) is 9.72 Å². The zero-order chi connectivity index (χ0) is 6.69. The smallest absolute Gasteiger partial charge is 0.693 e. The Labute approximate surface area is 69.7 Å². The van der Waals surface area contributed by atoms with Crippen molar-refractivity contribution >= 4 is 4.61 Å². The Bertz CT molecular complexity index is 225. The van der Waals surface area contributed by atoms with Gasteiger partial charge in [0.1, 0.15) is 0 Å². The molecule has 0 aliphatic heterocycles. The maximum Gasteiger partial charge on any atom is -0.693 e. The van der Waals surface area contributed by atoms with Crippen LogP contribution in [0.4, 0.5) is 0 Å². The number of para-hydroxylation sites is 1. The fourth-order valence-corrected chi connectivity index (χ4v) is 1.38. The van der Waals surface area contributed by atoms with Crippen molar-refractivity contribution in [1.29, 1.82) is 0 Å². The van der Waals surface area contributed by atoms with Crippen LogP contribution in [0, 0.1) is 0 Å². The van der Waals surface area contributed by atoms with Crippen LogP contribution in [0.2, 0.25) is 0 Å². The van der Waals surface area contributed by atoms with E-state index in [2.05, 4.69) is 0 Å². The van der Waals surface area contributed by atoms with E-state index in [1.54, 1.807) is 6.07 Å². The van der Waals surface area contributed by atoms with Crippen LogP contribution in [0.15, 0.2) is 24.3 Å². The Hall–Kier alpha value is -0.527. The molecule has 0 atom stereocenters. The predicted molar refractivity (Wildman–Crippen MR) is 38.6 cm³/mol. The second kappa shape index (κ2) is 4.31. The van der Waals surface area contributed by atoms with Crippen LogP contribution in [0.25, 0.3) is 6.15 Å². The summed E-state index contributed by atoms with van der Waals surface area (Å²) in [5.41, 5.74) is 0.942. The van der Waals surface area contributed by atoms with Crippen molar-refractivity contribution in [3.63, 3.8) is 0 Å². The van der Waals surface area contributed by atoms with Gasteiger partial charge in [0.15, 0.2) is 0 Å². The molecule has 0 aliphatic carbocycles. The van der Waals surface area contributed by atoms with Crippen LogP contribution in [0.5, 0.6) is 5.75 Å². The van der Waals surface area contributed by atoms with Gasteiger partial charge in [-0.2, -0.15) is 0 Å². The number of aromatic hydroxyl groups is 1. The summed E-state index contributed by atoms with van der Waals surface area (Å²) in [5.74, 6) is 0.378. The average Bonchev–Trinajstić information content (AvgIpc) is 1.89. The molecule has 2 nitrogen and oxygen atoms in total. The van der Waals surface area contributed by atoms with Crippen molar-refractivity contribution in [2.75, 3.05) is 0 Å². The third-order valence-corrected chi connectivity index (χ3v) is 2.08. The van der Waals surface area contributed by atoms with E-state index >= 15 is 0 Å². The summed E-state index contributed by atoms with van der Waals surface area (Å²) in [6.07, 6.45) is 0. The van der Waals surface area contributed by atoms with E-state index < -0.39 is 0 Å². The fourth-order valence-electron chi connectivity index (χ4n) is 0.660. The van der Waals surface area contributed by atoms with E-state index in [-0.39, 0.29) is 6.15 Å². The average molecular weight is 188 g/mol. The molecule has 0 fully saturated rings. The summed E-state index contributed by atoms with van der Waals surface area (Å²) in [4.78, 5) is 0. The molecule has 10 heavy (non-hydrogen) atoms. The zero-order valence-corrected chi connectivity index (χ0v) is 8.59. The third kappa shape index (κ3) is 2.01. The molecule has 0 amide bonds. The topological polar surface area (TPSA) is 53.7 Å². The van der Waals surface area contributed by atoms with Crippen LogP contribution in [0.1, 0.15) is 5.56 Å². The van der Waals surface area contributed by atoms with Crippen molar-refractivity contribution in [3.8, 4) is 5.75 Å². The van der Waals surface area contributed by atoms with E-state index in [0.29, 0.717) is 5.75 Å². The molecule has 3 heteroatoms. The summed E-state index contributed by atoms with van der Waals surface area (Å²) in [6.45, 7) is 0. The van der Waals surface area contributed by atoms with Crippen LogP contribution in [0.3, 0.4) is 0 Å². The van der Waals surface area contributed by atoms with Crippen molar-refractivity contribution in [3.05, 3.63) is 36.0 Å². The van der Waals surface area contributed by atoms with Gasteiger partial charge < -0.3 is 6.15 Å². The Morgan fingerprint density at radius 2 is 1.90 bits per heavy atom. The first-order valence-corrected chi connectivity index (χ1v) is 4.46. The number of phenolic OH excluding ortho intramolecular Hbond substituents is 1. The van der Waals surface area contributed by atoms with Crippen molar-refractivity contribution in [1.82, 2.24) is 0 Å². The number of hydrogen-bond acceptors (Lipinski definition) is 1. The predicted octanol–water partition coefficient (Wildman–Crippen LogP) is 1.81. The minimum atomic E-state index is 0. The molecule has 1 aromatic rings. The molecule has 0 radical (unpaired) electrons. The van der Waals surface area contributed by atoms with Gasteiger partial charge in [-0.05, 0) is 0 Å². The minimum Gasteiger partial charge on any atom is -0.693 e. The van der Waals surface area contributed by atoms with Crippen molar-refractivity contribution in [2.24, 2.45) is 0 Å². The van der Waals surface area contributed by atoms with Crippen molar-refractivity contribution < 1.29 is 23.0 Å². The fraction of sp³-hybridized carbons (Fsp3) is 0. The van der Waals surface area contributed by atoms with E-state index in [1.807, 2.05) is 22.8 Å². The first kappa shape index (κ1) is 9.47. The molecule has 0 aliphatic rings. The normalized spacial score (nSPS) is 8.20. The van der Waals surface area contributed by atoms with E-state index in [9.17, 15) is 0 Å². The molecule has 3 N–H and O–H groups in total. The van der Waals surface area contributed by atoms with Crippen LogP contribution < -0.4 is 0 Å². The summed E-state index contributed by atoms with van der Waals surface area (Å²) in [6, 6.07) is 7.34. The van der Waals surface area contributed by atoms with E-state index in [4.69, 9.17) is 5.11 Å². The molecular formula is C7H8NOZn-. The quantitative estimate of drug-likeness (QED) is 0.670. The van der Waals surface area contributed by atoms with E-state index in [1.165, 1.54) is 0 Å². The van der Waals surface area contributed by atoms with Gasteiger partial charge in [0, 0.05) is 0 Å². The first-order chi connectivity index (χ1) is 4.34. The van der Waals surface area contributed by atoms with Gasteiger partial charge >= 0.3 is 63.1 Å². The van der Waals surface area contributed by atoms with Gasteiger partial charge in [-0.15, -0.1) is 0 Å². The monoisotopic (exact) mass is 186 g/mol. The molecule has 1 aromatic carbocycles. The van der Waals surface area contributed by atoms with Gasteiger partial charge in [-0.1, -0.05) is 0 Å². The standard InChI is InChI=1S/C7H6O.H2N.Zn/c1-6-4-2-3-5-7(6)8;;/h1-5,8H;1H2;/q;-1;. The summed E-state index contributed by atoms with van der Waals surface area (Å²) in [7, 11) is 0. The molecule has 0 saturated heterocycles. The Morgan fingerprint density at radius 3 is 2.30 bits per heavy atom. The van der Waals surface area contributed by atoms with Gasteiger partial charge in [0.2, 0.25) is 0 Å². The van der Waals surface area contributed by atoms with Crippen LogP contribution in [-0.2, 0) is 17.9 Å². The molecule has 50 valence electrons. The van der Waals surface area contributed by atoms with Gasteiger partial charge in [-0.3, -0.25) is 0 Å². The molecule has 0 saturated carbocycles. The molecule has 1 rings (SSSR count). The largest absolute Gasteiger partial charge is 0.693 e. The van der Waals surface area contributed by atoms with Gasteiger partial charge in [-0.25, -0.2) is 0 Å². The number of rotatable bonds is 1. The van der Waals surface area contributed by atoms with E-state index in [0.717, 1.165) is 23.4 Å². The maximum absolute atomic E-state index is 9.10. The SMILES string of the molecule is Oc1ccccc1[CH]=[Zn].[NH2-]. The van der Waals surface area contributed by atoms with Gasteiger partial charge in [0.25, 0.3) is 0 Å². The maximum atomic E-state index is 9.10. The summed E-state index contributed by atoms with van der Waals surface area (Å²) in [5, 5.41) is 9.10. The molecular weight excluding hydrogens is 179 g/mol. The zero-order valence-electron chi connectivity index (χ0n) is 5.62. The molecule has 0 bridgehead atoms. The Kier molecular flexibility index (Phi) is 4.09. The van der Waals surface area contributed by atoms with Gasteiger partial charge in [0.05, 0.1) is 0 Å². The summed E-state index contributed by atoms with van der Waals surface area (Å²) < 4.78 is 2.00. The molecule has 0 spiro atoms. The minimum absolute atomic E-state index is 0. The molecule has 0 aromatic heterocycles. The number of nitrogens with two attached hydrogens (primary N) is 1.